The SMILES string of the molecule is O=C1C=C2CC[C@H](c3ccccc3)C[C@@H]2CC1. The standard InChI is InChI=1S/C16H18O/c17-16-9-8-14-10-13(6-7-15(14)11-16)12-4-2-1-3-5-12/h1-5,11,13-14H,6-10H2/t13-,14-/m0/s1. The highest BCUT2D eigenvalue weighted by Crippen LogP contribution is 2.42. The lowest BCUT2D eigenvalue weighted by Crippen LogP contribution is -2.21. The van der Waals surface area contributed by atoms with Crippen LogP contribution in [-0.2, 0) is 4.79 Å². The minimum Gasteiger partial charge on any atom is -0.295 e. The maximum absolute atomic E-state index is 11.4. The van der Waals surface area contributed by atoms with E-state index in [0.29, 0.717) is 17.6 Å². The van der Waals surface area contributed by atoms with Crippen molar-refractivity contribution in [2.75, 3.05) is 0 Å². The van der Waals surface area contributed by atoms with Crippen LogP contribution >= 0.6 is 0 Å². The van der Waals surface area contributed by atoms with Crippen molar-refractivity contribution in [3.63, 3.8) is 0 Å². The van der Waals surface area contributed by atoms with Crippen molar-refractivity contribution in [1.82, 2.24) is 0 Å². The Bertz CT molecular complexity index is 444. The molecular weight excluding hydrogens is 208 g/mol. The summed E-state index contributed by atoms with van der Waals surface area (Å²) in [6.45, 7) is 0. The molecule has 1 aromatic rings. The van der Waals surface area contributed by atoms with E-state index < -0.39 is 0 Å². The van der Waals surface area contributed by atoms with Crippen LogP contribution in [0.25, 0.3) is 0 Å². The Hall–Kier alpha value is -1.37. The third-order valence-corrected chi connectivity index (χ3v) is 4.23. The summed E-state index contributed by atoms with van der Waals surface area (Å²) in [4.78, 5) is 11.4. The number of hydrogen-bond acceptors (Lipinski definition) is 1. The Labute approximate surface area is 103 Å². The summed E-state index contributed by atoms with van der Waals surface area (Å²) in [5.41, 5.74) is 2.90. The van der Waals surface area contributed by atoms with Crippen molar-refractivity contribution in [1.29, 1.82) is 0 Å². The Morgan fingerprint density at radius 3 is 2.53 bits per heavy atom. The number of fused-ring (bicyclic) bond motifs is 1. The van der Waals surface area contributed by atoms with Crippen LogP contribution in [0.15, 0.2) is 42.0 Å². The number of hydrogen-bond donors (Lipinski definition) is 0. The van der Waals surface area contributed by atoms with Crippen LogP contribution in [0.5, 0.6) is 0 Å². The third kappa shape index (κ3) is 2.19. The van der Waals surface area contributed by atoms with E-state index >= 15 is 0 Å². The normalized spacial score (nSPS) is 28.5. The maximum atomic E-state index is 11.4. The van der Waals surface area contributed by atoms with E-state index in [-0.39, 0.29) is 0 Å². The monoisotopic (exact) mass is 226 g/mol. The number of carbonyl (C=O) groups excluding carboxylic acids is 1. The number of rotatable bonds is 1. The van der Waals surface area contributed by atoms with Gasteiger partial charge in [-0.3, -0.25) is 4.79 Å². The fourth-order valence-electron chi connectivity index (χ4n) is 3.27. The Balaban J connectivity index is 1.77. The molecular formula is C16H18O. The summed E-state index contributed by atoms with van der Waals surface area (Å²) < 4.78 is 0. The van der Waals surface area contributed by atoms with Crippen LogP contribution < -0.4 is 0 Å². The van der Waals surface area contributed by atoms with Gasteiger partial charge in [-0.05, 0) is 49.2 Å². The van der Waals surface area contributed by atoms with Gasteiger partial charge in [0.1, 0.15) is 0 Å². The minimum absolute atomic E-state index is 0.342. The molecule has 0 N–H and O–H groups in total. The molecule has 1 fully saturated rings. The first-order chi connectivity index (χ1) is 8.33. The van der Waals surface area contributed by atoms with Gasteiger partial charge in [-0.1, -0.05) is 35.9 Å². The summed E-state index contributed by atoms with van der Waals surface area (Å²) in [5.74, 6) is 1.72. The number of ketones is 1. The summed E-state index contributed by atoms with van der Waals surface area (Å²) in [6, 6.07) is 10.8. The molecule has 3 rings (SSSR count). The highest BCUT2D eigenvalue weighted by molar-refractivity contribution is 5.91. The maximum Gasteiger partial charge on any atom is 0.155 e. The summed E-state index contributed by atoms with van der Waals surface area (Å²) in [5, 5.41) is 0. The predicted molar refractivity (Wildman–Crippen MR) is 68.8 cm³/mol. The van der Waals surface area contributed by atoms with Crippen LogP contribution in [0.4, 0.5) is 0 Å². The van der Waals surface area contributed by atoms with Gasteiger partial charge in [-0.15, -0.1) is 0 Å². The van der Waals surface area contributed by atoms with Crippen molar-refractivity contribution in [2.24, 2.45) is 5.92 Å². The summed E-state index contributed by atoms with van der Waals surface area (Å²) >= 11 is 0. The smallest absolute Gasteiger partial charge is 0.155 e. The fraction of sp³-hybridized carbons (Fsp3) is 0.438. The second kappa shape index (κ2) is 4.48. The number of carbonyl (C=O) groups is 1. The number of allylic oxidation sites excluding steroid dienone is 2. The highest BCUT2D eigenvalue weighted by atomic mass is 16.1. The lowest BCUT2D eigenvalue weighted by molar-refractivity contribution is -0.115. The van der Waals surface area contributed by atoms with Gasteiger partial charge in [-0.25, -0.2) is 0 Å². The topological polar surface area (TPSA) is 17.1 Å². The quantitative estimate of drug-likeness (QED) is 0.710. The lowest BCUT2D eigenvalue weighted by atomic mass is 9.71. The van der Waals surface area contributed by atoms with Crippen LogP contribution in [0.2, 0.25) is 0 Å². The van der Waals surface area contributed by atoms with Gasteiger partial charge in [0.25, 0.3) is 0 Å². The van der Waals surface area contributed by atoms with Crippen LogP contribution in [0, 0.1) is 5.92 Å². The molecule has 0 aliphatic heterocycles. The molecule has 2 aliphatic rings. The molecule has 0 heterocycles. The zero-order chi connectivity index (χ0) is 11.7. The average molecular weight is 226 g/mol. The zero-order valence-corrected chi connectivity index (χ0v) is 10.1. The van der Waals surface area contributed by atoms with Crippen LogP contribution in [-0.4, -0.2) is 5.78 Å². The van der Waals surface area contributed by atoms with E-state index in [4.69, 9.17) is 0 Å². The van der Waals surface area contributed by atoms with Gasteiger partial charge < -0.3 is 0 Å². The molecule has 0 aromatic heterocycles. The molecule has 0 radical (unpaired) electrons. The van der Waals surface area contributed by atoms with Crippen molar-refractivity contribution in [2.45, 2.75) is 38.0 Å². The Morgan fingerprint density at radius 1 is 0.941 bits per heavy atom. The second-order valence-electron chi connectivity index (χ2n) is 5.30. The van der Waals surface area contributed by atoms with E-state index in [2.05, 4.69) is 30.3 Å². The molecule has 2 atom stereocenters. The molecule has 0 unspecified atom stereocenters. The largest absolute Gasteiger partial charge is 0.295 e. The summed E-state index contributed by atoms with van der Waals surface area (Å²) in [7, 11) is 0. The van der Waals surface area contributed by atoms with Gasteiger partial charge in [0.05, 0.1) is 0 Å². The van der Waals surface area contributed by atoms with Gasteiger partial charge in [0.2, 0.25) is 0 Å². The van der Waals surface area contributed by atoms with Crippen LogP contribution in [0.3, 0.4) is 0 Å². The van der Waals surface area contributed by atoms with Crippen molar-refractivity contribution >= 4 is 5.78 Å². The van der Waals surface area contributed by atoms with Gasteiger partial charge in [0, 0.05) is 6.42 Å². The zero-order valence-electron chi connectivity index (χ0n) is 10.1. The molecule has 1 heteroatoms. The minimum atomic E-state index is 0.342. The highest BCUT2D eigenvalue weighted by Gasteiger charge is 2.29. The van der Waals surface area contributed by atoms with Crippen LogP contribution in [0.1, 0.15) is 43.6 Å². The molecule has 1 saturated carbocycles. The van der Waals surface area contributed by atoms with Gasteiger partial charge in [0.15, 0.2) is 5.78 Å². The molecule has 0 saturated heterocycles. The Kier molecular flexibility index (Phi) is 2.84. The van der Waals surface area contributed by atoms with Crippen molar-refractivity contribution in [3.8, 4) is 0 Å². The first-order valence-electron chi connectivity index (χ1n) is 6.61. The van der Waals surface area contributed by atoms with Crippen molar-refractivity contribution < 1.29 is 4.79 Å². The fourth-order valence-corrected chi connectivity index (χ4v) is 3.27. The molecule has 2 aliphatic carbocycles. The van der Waals surface area contributed by atoms with E-state index in [1.165, 1.54) is 24.0 Å². The molecule has 1 aromatic carbocycles. The molecule has 17 heavy (non-hydrogen) atoms. The van der Waals surface area contributed by atoms with E-state index in [1.54, 1.807) is 0 Å². The molecule has 1 nitrogen and oxygen atoms in total. The van der Waals surface area contributed by atoms with E-state index in [1.807, 2.05) is 6.08 Å². The molecule has 88 valence electrons. The number of benzene rings is 1. The summed E-state index contributed by atoms with van der Waals surface area (Å²) in [6.07, 6.45) is 7.33. The average Bonchev–Trinajstić information content (AvgIpc) is 2.39. The third-order valence-electron chi connectivity index (χ3n) is 4.23. The lowest BCUT2D eigenvalue weighted by Gasteiger charge is -2.33. The first kappa shape index (κ1) is 10.8. The second-order valence-corrected chi connectivity index (χ2v) is 5.30. The molecule has 0 spiro atoms. The first-order valence-corrected chi connectivity index (χ1v) is 6.61. The molecule has 0 amide bonds. The van der Waals surface area contributed by atoms with Gasteiger partial charge in [-0.2, -0.15) is 0 Å². The Morgan fingerprint density at radius 2 is 1.71 bits per heavy atom. The van der Waals surface area contributed by atoms with Gasteiger partial charge >= 0.3 is 0 Å². The van der Waals surface area contributed by atoms with E-state index in [9.17, 15) is 4.79 Å². The molecule has 0 bridgehead atoms. The van der Waals surface area contributed by atoms with E-state index in [0.717, 1.165) is 19.3 Å². The predicted octanol–water partition coefficient (Wildman–Crippen LogP) is 3.86. The van der Waals surface area contributed by atoms with Crippen molar-refractivity contribution in [3.05, 3.63) is 47.5 Å².